The maximum Gasteiger partial charge on any atom is 0.231 e. The van der Waals surface area contributed by atoms with Crippen LogP contribution < -0.4 is 5.32 Å². The van der Waals surface area contributed by atoms with E-state index in [9.17, 15) is 10.1 Å². The van der Waals surface area contributed by atoms with Crippen LogP contribution in [0.25, 0.3) is 11.4 Å². The number of carbonyl (C=O) groups is 1. The first-order chi connectivity index (χ1) is 12.8. The van der Waals surface area contributed by atoms with Gasteiger partial charge in [0.2, 0.25) is 5.91 Å². The van der Waals surface area contributed by atoms with E-state index in [1.165, 1.54) is 11.8 Å². The van der Waals surface area contributed by atoms with Gasteiger partial charge in [-0.1, -0.05) is 56.3 Å². The van der Waals surface area contributed by atoms with Crippen LogP contribution in [0.4, 0.5) is 0 Å². The van der Waals surface area contributed by atoms with Gasteiger partial charge in [0.05, 0.1) is 11.8 Å². The molecule has 0 bridgehead atoms. The average molecular weight is 386 g/mol. The normalized spacial score (nSPS) is 13.2. The molecule has 0 saturated carbocycles. The van der Waals surface area contributed by atoms with E-state index in [2.05, 4.69) is 39.1 Å². The molecule has 6 nitrogen and oxygen atoms in total. The molecule has 0 aliphatic heterocycles. The Labute approximate surface area is 165 Å². The van der Waals surface area contributed by atoms with Crippen molar-refractivity contribution in [1.82, 2.24) is 20.1 Å². The van der Waals surface area contributed by atoms with Gasteiger partial charge in [0.25, 0.3) is 0 Å². The second kappa shape index (κ2) is 9.05. The van der Waals surface area contributed by atoms with Crippen LogP contribution in [0.15, 0.2) is 29.4 Å². The summed E-state index contributed by atoms with van der Waals surface area (Å²) in [4.78, 5) is 12.3. The summed E-state index contributed by atoms with van der Waals surface area (Å²) in [6.45, 7) is 10.5. The monoisotopic (exact) mass is 385 g/mol. The summed E-state index contributed by atoms with van der Waals surface area (Å²) in [7, 11) is 0. The van der Waals surface area contributed by atoms with E-state index in [-0.39, 0.29) is 17.6 Å². The van der Waals surface area contributed by atoms with E-state index in [0.29, 0.717) is 5.16 Å². The number of rotatable bonds is 8. The van der Waals surface area contributed by atoms with Gasteiger partial charge < -0.3 is 9.88 Å². The minimum Gasteiger partial charge on any atom is -0.337 e. The molecule has 0 fully saturated rings. The number of hydrogen-bond acceptors (Lipinski definition) is 5. The van der Waals surface area contributed by atoms with Gasteiger partial charge >= 0.3 is 0 Å². The number of nitriles is 1. The Morgan fingerprint density at radius 1 is 1.41 bits per heavy atom. The first kappa shape index (κ1) is 21.0. The zero-order valence-corrected chi connectivity index (χ0v) is 17.4. The Morgan fingerprint density at radius 2 is 2.15 bits per heavy atom. The molecular formula is C20H27N5OS. The van der Waals surface area contributed by atoms with Crippen LogP contribution in [0, 0.1) is 24.2 Å². The fraction of sp³-hybridized carbons (Fsp3) is 0.500. The van der Waals surface area contributed by atoms with Crippen molar-refractivity contribution in [2.75, 3.05) is 5.75 Å². The summed E-state index contributed by atoms with van der Waals surface area (Å²) >= 11 is 1.35. The topological polar surface area (TPSA) is 83.6 Å². The Bertz CT molecular complexity index is 839. The molecule has 0 aliphatic carbocycles. The predicted octanol–water partition coefficient (Wildman–Crippen LogP) is 3.81. The number of carbonyl (C=O) groups excluding carboxylic acids is 1. The SMILES string of the molecule is CCCn1c(SCC(=O)NC(C)(C#N)C(C)C)nnc1-c1cccc(C)c1. The highest BCUT2D eigenvalue weighted by atomic mass is 32.2. The molecule has 1 atom stereocenters. The number of aryl methyl sites for hydroxylation is 1. The highest BCUT2D eigenvalue weighted by Gasteiger charge is 2.30. The van der Waals surface area contributed by atoms with E-state index in [0.717, 1.165) is 29.9 Å². The van der Waals surface area contributed by atoms with Gasteiger partial charge in [-0.25, -0.2) is 0 Å². The summed E-state index contributed by atoms with van der Waals surface area (Å²) < 4.78 is 2.05. The molecule has 0 spiro atoms. The predicted molar refractivity (Wildman–Crippen MR) is 108 cm³/mol. The zero-order valence-electron chi connectivity index (χ0n) is 16.6. The first-order valence-corrected chi connectivity index (χ1v) is 10.1. The van der Waals surface area contributed by atoms with Crippen molar-refractivity contribution >= 4 is 17.7 Å². The van der Waals surface area contributed by atoms with Crippen LogP contribution >= 0.6 is 11.8 Å². The third-order valence-corrected chi connectivity index (χ3v) is 5.53. The third-order valence-electron chi connectivity index (χ3n) is 4.56. The lowest BCUT2D eigenvalue weighted by atomic mass is 9.90. The quantitative estimate of drug-likeness (QED) is 0.699. The van der Waals surface area contributed by atoms with Gasteiger partial charge in [-0.05, 0) is 32.3 Å². The number of hydrogen-bond donors (Lipinski definition) is 1. The molecule has 1 N–H and O–H groups in total. The molecule has 1 amide bonds. The molecule has 2 rings (SSSR count). The summed E-state index contributed by atoms with van der Waals surface area (Å²) in [5.41, 5.74) is 1.31. The lowest BCUT2D eigenvalue weighted by molar-refractivity contribution is -0.120. The van der Waals surface area contributed by atoms with Crippen LogP contribution in [0.1, 0.15) is 39.7 Å². The largest absolute Gasteiger partial charge is 0.337 e. The molecule has 27 heavy (non-hydrogen) atoms. The lowest BCUT2D eigenvalue weighted by Crippen LogP contribution is -2.49. The van der Waals surface area contributed by atoms with E-state index >= 15 is 0 Å². The van der Waals surface area contributed by atoms with E-state index in [1.807, 2.05) is 39.0 Å². The maximum absolute atomic E-state index is 12.3. The molecule has 1 unspecified atom stereocenters. The molecule has 0 radical (unpaired) electrons. The number of amides is 1. The van der Waals surface area contributed by atoms with Gasteiger partial charge in [-0.3, -0.25) is 4.79 Å². The van der Waals surface area contributed by atoms with E-state index in [1.54, 1.807) is 6.92 Å². The van der Waals surface area contributed by atoms with Crippen molar-refractivity contribution < 1.29 is 4.79 Å². The van der Waals surface area contributed by atoms with Crippen LogP contribution in [0.2, 0.25) is 0 Å². The number of aromatic nitrogens is 3. The molecule has 1 aromatic carbocycles. The zero-order chi connectivity index (χ0) is 20.0. The van der Waals surface area contributed by atoms with Crippen molar-refractivity contribution in [3.63, 3.8) is 0 Å². The van der Waals surface area contributed by atoms with Gasteiger partial charge in [0, 0.05) is 12.1 Å². The first-order valence-electron chi connectivity index (χ1n) is 9.16. The molecule has 2 aromatic rings. The highest BCUT2D eigenvalue weighted by molar-refractivity contribution is 7.99. The number of nitrogens with one attached hydrogen (secondary N) is 1. The summed E-state index contributed by atoms with van der Waals surface area (Å²) in [6.07, 6.45) is 0.941. The molecule has 7 heteroatoms. The van der Waals surface area contributed by atoms with Crippen molar-refractivity contribution in [1.29, 1.82) is 5.26 Å². The van der Waals surface area contributed by atoms with Crippen LogP contribution in [0.3, 0.4) is 0 Å². The number of thioether (sulfide) groups is 1. The van der Waals surface area contributed by atoms with Gasteiger partial charge in [0.1, 0.15) is 5.54 Å². The Hall–Kier alpha value is -2.33. The Kier molecular flexibility index (Phi) is 7.03. The van der Waals surface area contributed by atoms with E-state index in [4.69, 9.17) is 0 Å². The molecule has 1 heterocycles. The Balaban J connectivity index is 2.15. The summed E-state index contributed by atoms with van der Waals surface area (Å²) in [5.74, 6) is 0.848. The van der Waals surface area contributed by atoms with E-state index < -0.39 is 5.54 Å². The highest BCUT2D eigenvalue weighted by Crippen LogP contribution is 2.25. The minimum absolute atomic E-state index is 0.0214. The Morgan fingerprint density at radius 3 is 2.74 bits per heavy atom. The van der Waals surface area contributed by atoms with Crippen LogP contribution in [0.5, 0.6) is 0 Å². The van der Waals surface area contributed by atoms with Gasteiger partial charge in [-0.15, -0.1) is 10.2 Å². The molecule has 0 saturated heterocycles. The fourth-order valence-corrected chi connectivity index (χ4v) is 3.34. The second-order valence-electron chi connectivity index (χ2n) is 7.13. The molecule has 1 aromatic heterocycles. The van der Waals surface area contributed by atoms with Crippen molar-refractivity contribution in [3.8, 4) is 17.5 Å². The van der Waals surface area contributed by atoms with Crippen molar-refractivity contribution in [3.05, 3.63) is 29.8 Å². The fourth-order valence-electron chi connectivity index (χ4n) is 2.58. The van der Waals surface area contributed by atoms with Crippen LogP contribution in [-0.4, -0.2) is 32.0 Å². The maximum atomic E-state index is 12.3. The summed E-state index contributed by atoms with van der Waals surface area (Å²) in [5, 5.41) is 21.6. The standard InChI is InChI=1S/C20H27N5OS/c1-6-10-25-18(16-9-7-8-15(4)11-16)23-24-19(25)27-12-17(26)22-20(5,13-21)14(2)3/h7-9,11,14H,6,10,12H2,1-5H3,(H,22,26). The van der Waals surface area contributed by atoms with Crippen molar-refractivity contribution in [2.24, 2.45) is 5.92 Å². The van der Waals surface area contributed by atoms with Crippen LogP contribution in [-0.2, 0) is 11.3 Å². The number of nitrogens with zero attached hydrogens (tertiary/aromatic N) is 4. The summed E-state index contributed by atoms with van der Waals surface area (Å²) in [6, 6.07) is 10.3. The van der Waals surface area contributed by atoms with Gasteiger partial charge in [0.15, 0.2) is 11.0 Å². The lowest BCUT2D eigenvalue weighted by Gasteiger charge is -2.27. The second-order valence-corrected chi connectivity index (χ2v) is 8.08. The van der Waals surface area contributed by atoms with Gasteiger partial charge in [-0.2, -0.15) is 5.26 Å². The molecule has 144 valence electrons. The number of benzene rings is 1. The minimum atomic E-state index is -0.874. The van der Waals surface area contributed by atoms with Crippen molar-refractivity contribution in [2.45, 2.75) is 58.3 Å². The third kappa shape index (κ3) is 5.10. The molecule has 0 aliphatic rings. The molecular weight excluding hydrogens is 358 g/mol. The smallest absolute Gasteiger partial charge is 0.231 e. The average Bonchev–Trinajstić information content (AvgIpc) is 3.03.